The fourth-order valence-electron chi connectivity index (χ4n) is 3.92. The van der Waals surface area contributed by atoms with E-state index in [0.29, 0.717) is 22.8 Å². The number of aromatic hydroxyl groups is 1. The lowest BCUT2D eigenvalue weighted by molar-refractivity contribution is 0.0995. The second-order valence-corrected chi connectivity index (χ2v) is 8.91. The summed E-state index contributed by atoms with van der Waals surface area (Å²) in [5.41, 5.74) is 8.96. The highest BCUT2D eigenvalue weighted by atomic mass is 32.1. The standard InChI is InChI=1S/C26H26N2O3S/c1-14-15(2)17(4)21(18(5)16(14)3)12-19-10-11-24(31-19)25(30)28-26-27-22(13-32-26)20-8-6-7-9-23(20)29/h6-11,13,29H,12H2,1-5H3,(H,27,28,30). The van der Waals surface area contributed by atoms with Crippen molar-refractivity contribution in [3.63, 3.8) is 0 Å². The summed E-state index contributed by atoms with van der Waals surface area (Å²) in [4.78, 5) is 17.1. The van der Waals surface area contributed by atoms with Crippen LogP contribution in [-0.4, -0.2) is 16.0 Å². The van der Waals surface area contributed by atoms with Crippen molar-refractivity contribution in [1.29, 1.82) is 0 Å². The Hall–Kier alpha value is -3.38. The molecule has 4 aromatic rings. The van der Waals surface area contributed by atoms with Gasteiger partial charge in [-0.3, -0.25) is 10.1 Å². The maximum Gasteiger partial charge on any atom is 0.293 e. The van der Waals surface area contributed by atoms with Gasteiger partial charge in [0.05, 0.1) is 5.69 Å². The molecule has 0 saturated heterocycles. The molecule has 0 radical (unpaired) electrons. The first-order valence-electron chi connectivity index (χ1n) is 10.5. The molecule has 0 saturated carbocycles. The molecule has 2 N–H and O–H groups in total. The molecule has 2 aromatic heterocycles. The molecule has 2 heterocycles. The fourth-order valence-corrected chi connectivity index (χ4v) is 4.62. The number of anilines is 1. The van der Waals surface area contributed by atoms with E-state index in [4.69, 9.17) is 4.42 Å². The van der Waals surface area contributed by atoms with Crippen LogP contribution in [0.5, 0.6) is 5.75 Å². The number of phenolic OH excluding ortho intramolecular Hbond substituents is 1. The second-order valence-electron chi connectivity index (χ2n) is 8.06. The maximum atomic E-state index is 12.7. The van der Waals surface area contributed by atoms with Crippen LogP contribution in [0.25, 0.3) is 11.3 Å². The summed E-state index contributed by atoms with van der Waals surface area (Å²) in [6.45, 7) is 10.8. The van der Waals surface area contributed by atoms with Crippen LogP contribution in [0, 0.1) is 34.6 Å². The highest BCUT2D eigenvalue weighted by Gasteiger charge is 2.17. The third-order valence-electron chi connectivity index (χ3n) is 6.30. The third kappa shape index (κ3) is 4.06. The van der Waals surface area contributed by atoms with Crippen LogP contribution < -0.4 is 5.32 Å². The number of hydrogen-bond donors (Lipinski definition) is 2. The molecule has 0 spiro atoms. The minimum Gasteiger partial charge on any atom is -0.507 e. The van der Waals surface area contributed by atoms with Gasteiger partial charge in [-0.05, 0) is 92.3 Å². The molecule has 0 bridgehead atoms. The SMILES string of the molecule is Cc1c(C)c(C)c(Cc2ccc(C(=O)Nc3nc(-c4ccccc4O)cs3)o2)c(C)c1C. The van der Waals surface area contributed by atoms with Gasteiger partial charge in [-0.25, -0.2) is 4.98 Å². The number of thiazole rings is 1. The van der Waals surface area contributed by atoms with E-state index < -0.39 is 0 Å². The van der Waals surface area contributed by atoms with Crippen LogP contribution in [-0.2, 0) is 6.42 Å². The Morgan fingerprint density at radius 2 is 1.62 bits per heavy atom. The maximum absolute atomic E-state index is 12.7. The number of carbonyl (C=O) groups is 1. The Labute approximate surface area is 191 Å². The van der Waals surface area contributed by atoms with Crippen LogP contribution >= 0.6 is 11.3 Å². The summed E-state index contributed by atoms with van der Waals surface area (Å²) in [6, 6.07) is 10.5. The zero-order chi connectivity index (χ0) is 23.0. The summed E-state index contributed by atoms with van der Waals surface area (Å²) in [5.74, 6) is 0.797. The minimum absolute atomic E-state index is 0.151. The van der Waals surface area contributed by atoms with Gasteiger partial charge in [0.1, 0.15) is 11.5 Å². The van der Waals surface area contributed by atoms with Gasteiger partial charge in [-0.15, -0.1) is 11.3 Å². The molecular formula is C26H26N2O3S. The summed E-state index contributed by atoms with van der Waals surface area (Å²) in [7, 11) is 0. The van der Waals surface area contributed by atoms with Crippen molar-refractivity contribution in [1.82, 2.24) is 4.98 Å². The normalized spacial score (nSPS) is 11.0. The summed E-state index contributed by atoms with van der Waals surface area (Å²) in [5, 5.41) is 15.0. The molecule has 0 aliphatic heterocycles. The molecule has 0 aliphatic rings. The highest BCUT2D eigenvalue weighted by molar-refractivity contribution is 7.14. The number of para-hydroxylation sites is 1. The topological polar surface area (TPSA) is 75.4 Å². The first-order valence-corrected chi connectivity index (χ1v) is 11.3. The number of carbonyl (C=O) groups excluding carboxylic acids is 1. The molecule has 32 heavy (non-hydrogen) atoms. The predicted octanol–water partition coefficient (Wildman–Crippen LogP) is 6.49. The predicted molar refractivity (Wildman–Crippen MR) is 129 cm³/mol. The molecular weight excluding hydrogens is 420 g/mol. The molecule has 0 aliphatic carbocycles. The van der Waals surface area contributed by atoms with Crippen LogP contribution in [0.1, 0.15) is 49.7 Å². The second kappa shape index (κ2) is 8.63. The Morgan fingerprint density at radius 1 is 0.969 bits per heavy atom. The molecule has 0 atom stereocenters. The van der Waals surface area contributed by atoms with Crippen molar-refractivity contribution in [2.45, 2.75) is 41.0 Å². The Morgan fingerprint density at radius 3 is 2.31 bits per heavy atom. The fraction of sp³-hybridized carbons (Fsp3) is 0.231. The number of nitrogens with zero attached hydrogens (tertiary/aromatic N) is 1. The molecule has 6 heteroatoms. The molecule has 0 unspecified atom stereocenters. The number of phenols is 1. The van der Waals surface area contributed by atoms with Crippen LogP contribution in [0.3, 0.4) is 0 Å². The number of rotatable bonds is 5. The van der Waals surface area contributed by atoms with E-state index >= 15 is 0 Å². The van der Waals surface area contributed by atoms with E-state index in [2.05, 4.69) is 44.9 Å². The highest BCUT2D eigenvalue weighted by Crippen LogP contribution is 2.32. The van der Waals surface area contributed by atoms with E-state index in [1.165, 1.54) is 44.7 Å². The Bertz CT molecular complexity index is 1290. The quantitative estimate of drug-likeness (QED) is 0.367. The van der Waals surface area contributed by atoms with Crippen molar-refractivity contribution in [2.75, 3.05) is 5.32 Å². The average molecular weight is 447 g/mol. The smallest absolute Gasteiger partial charge is 0.293 e. The van der Waals surface area contributed by atoms with E-state index in [1.54, 1.807) is 29.6 Å². The van der Waals surface area contributed by atoms with E-state index in [9.17, 15) is 9.90 Å². The summed E-state index contributed by atoms with van der Waals surface area (Å²) < 4.78 is 5.88. The van der Waals surface area contributed by atoms with E-state index in [-0.39, 0.29) is 17.4 Å². The number of amides is 1. The van der Waals surface area contributed by atoms with Crippen molar-refractivity contribution >= 4 is 22.4 Å². The minimum atomic E-state index is -0.348. The van der Waals surface area contributed by atoms with Gasteiger partial charge in [-0.1, -0.05) is 12.1 Å². The molecule has 2 aromatic carbocycles. The largest absolute Gasteiger partial charge is 0.507 e. The first kappa shape index (κ1) is 21.8. The van der Waals surface area contributed by atoms with Gasteiger partial charge >= 0.3 is 0 Å². The molecule has 1 amide bonds. The van der Waals surface area contributed by atoms with Crippen LogP contribution in [0.2, 0.25) is 0 Å². The van der Waals surface area contributed by atoms with Gasteiger partial charge in [0.2, 0.25) is 0 Å². The van der Waals surface area contributed by atoms with Gasteiger partial charge in [0, 0.05) is 17.4 Å². The van der Waals surface area contributed by atoms with Crippen molar-refractivity contribution < 1.29 is 14.3 Å². The Kier molecular flexibility index (Phi) is 5.89. The number of nitrogens with one attached hydrogen (secondary N) is 1. The monoisotopic (exact) mass is 446 g/mol. The number of benzene rings is 2. The van der Waals surface area contributed by atoms with E-state index in [1.807, 2.05) is 12.1 Å². The van der Waals surface area contributed by atoms with Crippen molar-refractivity contribution in [3.05, 3.63) is 86.7 Å². The lowest BCUT2D eigenvalue weighted by Gasteiger charge is -2.18. The van der Waals surface area contributed by atoms with Gasteiger partial charge in [0.15, 0.2) is 10.9 Å². The molecule has 5 nitrogen and oxygen atoms in total. The number of hydrogen-bond acceptors (Lipinski definition) is 5. The third-order valence-corrected chi connectivity index (χ3v) is 7.05. The summed E-state index contributed by atoms with van der Waals surface area (Å²) in [6.07, 6.45) is 0.640. The van der Waals surface area contributed by atoms with E-state index in [0.717, 1.165) is 5.76 Å². The zero-order valence-corrected chi connectivity index (χ0v) is 19.7. The summed E-state index contributed by atoms with van der Waals surface area (Å²) >= 11 is 1.30. The van der Waals surface area contributed by atoms with Gasteiger partial charge in [0.25, 0.3) is 5.91 Å². The molecule has 4 rings (SSSR count). The Balaban J connectivity index is 1.51. The van der Waals surface area contributed by atoms with Crippen LogP contribution in [0.4, 0.5) is 5.13 Å². The number of furan rings is 1. The molecule has 0 fully saturated rings. The van der Waals surface area contributed by atoms with Gasteiger partial charge < -0.3 is 9.52 Å². The molecule has 164 valence electrons. The lowest BCUT2D eigenvalue weighted by Crippen LogP contribution is -2.10. The lowest BCUT2D eigenvalue weighted by atomic mass is 9.88. The van der Waals surface area contributed by atoms with Crippen molar-refractivity contribution in [2.24, 2.45) is 0 Å². The average Bonchev–Trinajstić information content (AvgIpc) is 3.44. The van der Waals surface area contributed by atoms with Crippen molar-refractivity contribution in [3.8, 4) is 17.0 Å². The zero-order valence-electron chi connectivity index (χ0n) is 18.9. The van der Waals surface area contributed by atoms with Gasteiger partial charge in [-0.2, -0.15) is 0 Å². The number of aromatic nitrogens is 1. The first-order chi connectivity index (χ1) is 15.3. The van der Waals surface area contributed by atoms with Crippen LogP contribution in [0.15, 0.2) is 46.2 Å².